The molecular formula is C27H40N4O7. The Hall–Kier alpha value is -3.63. The standard InChI is InChI=1S/C27H40N4O7/c1-17(2)12-20(23(33)30-21(25(35)37-6)13-18-10-8-7-9-11-18)29-24(34)22-14-19(28-16-32)15-31(22)26(36)38-27(3,4)5/h7-11,16-17,19-22H,12-15H2,1-6H3,(H,28,32)(H,29,34)(H,30,33)/t19-,20-,21-,22-/m0/s1. The number of esters is 1. The number of rotatable bonds is 11. The Kier molecular flexibility index (Phi) is 11.1. The Labute approximate surface area is 224 Å². The Morgan fingerprint density at radius 2 is 1.74 bits per heavy atom. The van der Waals surface area contributed by atoms with E-state index in [1.807, 2.05) is 44.2 Å². The van der Waals surface area contributed by atoms with Gasteiger partial charge >= 0.3 is 12.1 Å². The van der Waals surface area contributed by atoms with Crippen LogP contribution in [0.2, 0.25) is 0 Å². The van der Waals surface area contributed by atoms with Crippen molar-refractivity contribution < 1.29 is 33.4 Å². The minimum atomic E-state index is -0.969. The average Bonchev–Trinajstić information content (AvgIpc) is 3.26. The number of hydrogen-bond donors (Lipinski definition) is 3. The van der Waals surface area contributed by atoms with Gasteiger partial charge in [-0.1, -0.05) is 44.2 Å². The second-order valence-corrected chi connectivity index (χ2v) is 10.8. The molecule has 0 bridgehead atoms. The van der Waals surface area contributed by atoms with Crippen LogP contribution in [0.5, 0.6) is 0 Å². The first-order valence-corrected chi connectivity index (χ1v) is 12.8. The van der Waals surface area contributed by atoms with E-state index in [2.05, 4.69) is 16.0 Å². The zero-order valence-electron chi connectivity index (χ0n) is 23.0. The Bertz CT molecular complexity index is 977. The second kappa shape index (κ2) is 13.8. The molecule has 0 aromatic heterocycles. The van der Waals surface area contributed by atoms with Gasteiger partial charge in [0, 0.05) is 19.0 Å². The molecule has 1 aliphatic heterocycles. The predicted molar refractivity (Wildman–Crippen MR) is 140 cm³/mol. The van der Waals surface area contributed by atoms with Crippen LogP contribution in [0.4, 0.5) is 4.79 Å². The largest absolute Gasteiger partial charge is 0.467 e. The van der Waals surface area contributed by atoms with Gasteiger partial charge in [-0.05, 0) is 45.1 Å². The van der Waals surface area contributed by atoms with Gasteiger partial charge in [0.2, 0.25) is 18.2 Å². The summed E-state index contributed by atoms with van der Waals surface area (Å²) in [5.74, 6) is -1.66. The van der Waals surface area contributed by atoms with Crippen LogP contribution in [0.3, 0.4) is 0 Å². The molecule has 0 spiro atoms. The SMILES string of the molecule is COC(=O)[C@H](Cc1ccccc1)NC(=O)[C@H](CC(C)C)NC(=O)[C@@H]1C[C@H](NC=O)CN1C(=O)OC(C)(C)C. The lowest BCUT2D eigenvalue weighted by molar-refractivity contribution is -0.145. The fourth-order valence-electron chi connectivity index (χ4n) is 4.25. The number of benzene rings is 1. The van der Waals surface area contributed by atoms with Gasteiger partial charge in [0.1, 0.15) is 23.7 Å². The number of likely N-dealkylation sites (tertiary alicyclic amines) is 1. The van der Waals surface area contributed by atoms with Crippen molar-refractivity contribution in [3.8, 4) is 0 Å². The van der Waals surface area contributed by atoms with Crippen molar-refractivity contribution >= 4 is 30.3 Å². The molecule has 0 saturated carbocycles. The first-order valence-electron chi connectivity index (χ1n) is 12.8. The lowest BCUT2D eigenvalue weighted by atomic mass is 10.0. The molecule has 1 heterocycles. The zero-order valence-corrected chi connectivity index (χ0v) is 23.0. The summed E-state index contributed by atoms with van der Waals surface area (Å²) < 4.78 is 10.3. The Morgan fingerprint density at radius 3 is 2.29 bits per heavy atom. The van der Waals surface area contributed by atoms with E-state index in [1.165, 1.54) is 12.0 Å². The summed E-state index contributed by atoms with van der Waals surface area (Å²) in [5, 5.41) is 8.09. The summed E-state index contributed by atoms with van der Waals surface area (Å²) in [7, 11) is 1.25. The summed E-state index contributed by atoms with van der Waals surface area (Å²) in [6, 6.07) is 5.87. The molecule has 2 rings (SSSR count). The van der Waals surface area contributed by atoms with Crippen LogP contribution in [0.25, 0.3) is 0 Å². The highest BCUT2D eigenvalue weighted by Crippen LogP contribution is 2.22. The molecule has 1 aromatic rings. The molecule has 0 radical (unpaired) electrons. The van der Waals surface area contributed by atoms with Gasteiger partial charge in [-0.15, -0.1) is 0 Å². The molecule has 11 nitrogen and oxygen atoms in total. The lowest BCUT2D eigenvalue weighted by Gasteiger charge is -2.29. The molecule has 0 unspecified atom stereocenters. The van der Waals surface area contributed by atoms with Gasteiger partial charge in [-0.3, -0.25) is 19.3 Å². The van der Waals surface area contributed by atoms with Gasteiger partial charge in [0.15, 0.2) is 0 Å². The molecule has 0 aliphatic carbocycles. The quantitative estimate of drug-likeness (QED) is 0.290. The summed E-state index contributed by atoms with van der Waals surface area (Å²) in [4.78, 5) is 64.2. The van der Waals surface area contributed by atoms with Crippen LogP contribution >= 0.6 is 0 Å². The fourth-order valence-corrected chi connectivity index (χ4v) is 4.25. The van der Waals surface area contributed by atoms with E-state index >= 15 is 0 Å². The van der Waals surface area contributed by atoms with Gasteiger partial charge < -0.3 is 25.4 Å². The van der Waals surface area contributed by atoms with Gasteiger partial charge in [-0.2, -0.15) is 0 Å². The van der Waals surface area contributed by atoms with Crippen LogP contribution in [-0.2, 0) is 35.1 Å². The highest BCUT2D eigenvalue weighted by molar-refractivity contribution is 5.93. The van der Waals surface area contributed by atoms with Crippen molar-refractivity contribution in [1.29, 1.82) is 0 Å². The highest BCUT2D eigenvalue weighted by Gasteiger charge is 2.42. The second-order valence-electron chi connectivity index (χ2n) is 10.8. The summed E-state index contributed by atoms with van der Waals surface area (Å²) in [5.41, 5.74) is 0.0519. The third-order valence-corrected chi connectivity index (χ3v) is 5.96. The third kappa shape index (κ3) is 9.35. The Morgan fingerprint density at radius 1 is 1.08 bits per heavy atom. The highest BCUT2D eigenvalue weighted by atomic mass is 16.6. The molecule has 4 atom stereocenters. The predicted octanol–water partition coefficient (Wildman–Crippen LogP) is 1.54. The van der Waals surface area contributed by atoms with Crippen molar-refractivity contribution in [3.05, 3.63) is 35.9 Å². The first-order chi connectivity index (χ1) is 17.8. The minimum absolute atomic E-state index is 0.0340. The van der Waals surface area contributed by atoms with Crippen LogP contribution < -0.4 is 16.0 Å². The smallest absolute Gasteiger partial charge is 0.411 e. The monoisotopic (exact) mass is 532 g/mol. The van der Waals surface area contributed by atoms with Crippen LogP contribution in [-0.4, -0.2) is 78.6 Å². The number of amides is 4. The van der Waals surface area contributed by atoms with E-state index in [0.29, 0.717) is 12.8 Å². The molecule has 38 heavy (non-hydrogen) atoms. The molecule has 1 saturated heterocycles. The van der Waals surface area contributed by atoms with Gasteiger partial charge in [0.05, 0.1) is 7.11 Å². The average molecular weight is 533 g/mol. The maximum absolute atomic E-state index is 13.4. The van der Waals surface area contributed by atoms with E-state index in [4.69, 9.17) is 9.47 Å². The lowest BCUT2D eigenvalue weighted by Crippen LogP contribution is -2.56. The van der Waals surface area contributed by atoms with Crippen LogP contribution in [0.15, 0.2) is 30.3 Å². The fraction of sp³-hybridized carbons (Fsp3) is 0.593. The van der Waals surface area contributed by atoms with Crippen molar-refractivity contribution in [2.75, 3.05) is 13.7 Å². The molecule has 4 amide bonds. The van der Waals surface area contributed by atoms with Gasteiger partial charge in [-0.25, -0.2) is 9.59 Å². The van der Waals surface area contributed by atoms with Crippen molar-refractivity contribution in [2.45, 2.75) is 83.6 Å². The number of methoxy groups -OCH3 is 1. The number of carbonyl (C=O) groups is 5. The maximum Gasteiger partial charge on any atom is 0.411 e. The van der Waals surface area contributed by atoms with Crippen LogP contribution in [0.1, 0.15) is 53.0 Å². The normalized spacial score (nSPS) is 18.8. The number of nitrogens with one attached hydrogen (secondary N) is 3. The molecule has 210 valence electrons. The zero-order chi connectivity index (χ0) is 28.5. The number of nitrogens with zero attached hydrogens (tertiary/aromatic N) is 1. The molecule has 1 aliphatic rings. The topological polar surface area (TPSA) is 143 Å². The van der Waals surface area contributed by atoms with Crippen LogP contribution in [0, 0.1) is 5.92 Å². The van der Waals surface area contributed by atoms with Gasteiger partial charge in [0.25, 0.3) is 0 Å². The number of ether oxygens (including phenoxy) is 2. The number of carbonyl (C=O) groups excluding carboxylic acids is 5. The van der Waals surface area contributed by atoms with E-state index in [9.17, 15) is 24.0 Å². The molecule has 3 N–H and O–H groups in total. The number of hydrogen-bond acceptors (Lipinski definition) is 7. The summed E-state index contributed by atoms with van der Waals surface area (Å²) >= 11 is 0. The van der Waals surface area contributed by atoms with Crippen molar-refractivity contribution in [1.82, 2.24) is 20.9 Å². The summed E-state index contributed by atoms with van der Waals surface area (Å²) in [6.07, 6.45) is 0.513. The molecule has 11 heteroatoms. The van der Waals surface area contributed by atoms with Crippen molar-refractivity contribution in [2.24, 2.45) is 5.92 Å². The third-order valence-electron chi connectivity index (χ3n) is 5.96. The van der Waals surface area contributed by atoms with Crippen molar-refractivity contribution in [3.63, 3.8) is 0 Å². The maximum atomic E-state index is 13.4. The van der Waals surface area contributed by atoms with E-state index in [0.717, 1.165) is 5.56 Å². The van der Waals surface area contributed by atoms with E-state index in [1.54, 1.807) is 20.8 Å². The minimum Gasteiger partial charge on any atom is -0.467 e. The first kappa shape index (κ1) is 30.6. The molecule has 1 fully saturated rings. The van der Waals surface area contributed by atoms with E-state index in [-0.39, 0.29) is 25.3 Å². The molecular weight excluding hydrogens is 492 g/mol. The Balaban J connectivity index is 2.21. The summed E-state index contributed by atoms with van der Waals surface area (Å²) in [6.45, 7) is 9.05. The molecule has 1 aromatic carbocycles. The van der Waals surface area contributed by atoms with E-state index < -0.39 is 53.6 Å².